The van der Waals surface area contributed by atoms with E-state index >= 15 is 0 Å². The lowest BCUT2D eigenvalue weighted by Crippen LogP contribution is -2.34. The molecule has 3 unspecified atom stereocenters. The third-order valence-electron chi connectivity index (χ3n) is 4.66. The van der Waals surface area contributed by atoms with Crippen LogP contribution < -0.4 is 10.5 Å². The van der Waals surface area contributed by atoms with E-state index in [0.29, 0.717) is 30.6 Å². The highest BCUT2D eigenvalue weighted by atomic mass is 19.1. The van der Waals surface area contributed by atoms with Crippen LogP contribution in [0.15, 0.2) is 24.3 Å². The van der Waals surface area contributed by atoms with Crippen LogP contribution in [0.1, 0.15) is 19.3 Å². The lowest BCUT2D eigenvalue weighted by molar-refractivity contribution is -0.131. The van der Waals surface area contributed by atoms with Gasteiger partial charge in [-0.15, -0.1) is 0 Å². The lowest BCUT2D eigenvalue weighted by atomic mass is 9.98. The zero-order valence-electron chi connectivity index (χ0n) is 12.0. The molecule has 1 saturated carbocycles. The summed E-state index contributed by atoms with van der Waals surface area (Å²) in [7, 11) is 0. The van der Waals surface area contributed by atoms with E-state index in [2.05, 4.69) is 0 Å². The molecule has 114 valence electrons. The van der Waals surface area contributed by atoms with E-state index in [4.69, 9.17) is 10.5 Å². The van der Waals surface area contributed by atoms with Crippen molar-refractivity contribution in [3.63, 3.8) is 0 Å². The Morgan fingerprint density at radius 1 is 1.29 bits per heavy atom. The van der Waals surface area contributed by atoms with Crippen molar-refractivity contribution in [3.05, 3.63) is 30.1 Å². The molecule has 1 saturated heterocycles. The Labute approximate surface area is 124 Å². The van der Waals surface area contributed by atoms with Gasteiger partial charge in [-0.2, -0.15) is 0 Å². The first kappa shape index (κ1) is 14.3. The summed E-state index contributed by atoms with van der Waals surface area (Å²) >= 11 is 0. The van der Waals surface area contributed by atoms with Crippen molar-refractivity contribution in [3.8, 4) is 5.75 Å². The number of rotatable bonds is 4. The van der Waals surface area contributed by atoms with Crippen LogP contribution in [0.5, 0.6) is 5.75 Å². The molecule has 1 heterocycles. The Balaban J connectivity index is 1.44. The van der Waals surface area contributed by atoms with E-state index in [-0.39, 0.29) is 17.8 Å². The van der Waals surface area contributed by atoms with Crippen molar-refractivity contribution in [2.24, 2.45) is 17.6 Å². The Hall–Kier alpha value is -1.62. The van der Waals surface area contributed by atoms with E-state index in [1.54, 1.807) is 12.1 Å². The monoisotopic (exact) mass is 292 g/mol. The maximum absolute atomic E-state index is 12.8. The molecule has 2 N–H and O–H groups in total. The van der Waals surface area contributed by atoms with Gasteiger partial charge in [-0.25, -0.2) is 4.39 Å². The fourth-order valence-electron chi connectivity index (χ4n) is 3.46. The van der Waals surface area contributed by atoms with Crippen LogP contribution in [0, 0.1) is 17.7 Å². The number of halogens is 1. The van der Waals surface area contributed by atoms with Crippen molar-refractivity contribution >= 4 is 5.91 Å². The third kappa shape index (κ3) is 3.18. The molecule has 21 heavy (non-hydrogen) atoms. The largest absolute Gasteiger partial charge is 0.493 e. The van der Waals surface area contributed by atoms with Crippen LogP contribution >= 0.6 is 0 Å². The molecule has 3 rings (SSSR count). The summed E-state index contributed by atoms with van der Waals surface area (Å²) in [6.07, 6.45) is 2.58. The molecule has 0 aromatic heterocycles. The van der Waals surface area contributed by atoms with Gasteiger partial charge in [0.25, 0.3) is 0 Å². The molecular formula is C16H21FN2O2. The summed E-state index contributed by atoms with van der Waals surface area (Å²) in [6, 6.07) is 6.08. The van der Waals surface area contributed by atoms with Gasteiger partial charge in [0, 0.05) is 19.1 Å². The third-order valence-corrected chi connectivity index (χ3v) is 4.66. The van der Waals surface area contributed by atoms with E-state index in [9.17, 15) is 9.18 Å². The minimum atomic E-state index is -0.293. The second kappa shape index (κ2) is 6.02. The average Bonchev–Trinajstić information content (AvgIpc) is 3.04. The van der Waals surface area contributed by atoms with Crippen LogP contribution in [0.4, 0.5) is 4.39 Å². The van der Waals surface area contributed by atoms with Crippen molar-refractivity contribution < 1.29 is 13.9 Å². The molecule has 4 nitrogen and oxygen atoms in total. The molecule has 3 atom stereocenters. The number of hydrogen-bond donors (Lipinski definition) is 1. The fraction of sp³-hybridized carbons (Fsp3) is 0.562. The standard InChI is InChI=1S/C16H21FN2O2/c17-12-2-4-13(5-3-12)21-8-7-16(20)19-9-11-1-6-15(18)14(11)10-19/h2-5,11,14-15H,1,6-10,18H2. The highest BCUT2D eigenvalue weighted by Gasteiger charge is 2.42. The van der Waals surface area contributed by atoms with Gasteiger partial charge in [-0.3, -0.25) is 4.79 Å². The van der Waals surface area contributed by atoms with Crippen LogP contribution in [0.3, 0.4) is 0 Å². The minimum Gasteiger partial charge on any atom is -0.493 e. The number of carbonyl (C=O) groups excluding carboxylic acids is 1. The van der Waals surface area contributed by atoms with E-state index in [1.165, 1.54) is 12.1 Å². The van der Waals surface area contributed by atoms with Gasteiger partial charge in [0.15, 0.2) is 0 Å². The molecule has 1 amide bonds. The normalized spacial score (nSPS) is 27.7. The van der Waals surface area contributed by atoms with Crippen LogP contribution in [0.25, 0.3) is 0 Å². The van der Waals surface area contributed by atoms with E-state index in [0.717, 1.165) is 25.9 Å². The molecule has 0 bridgehead atoms. The number of amides is 1. The first-order valence-corrected chi connectivity index (χ1v) is 7.55. The SMILES string of the molecule is NC1CCC2CN(C(=O)CCOc3ccc(F)cc3)CC12. The summed E-state index contributed by atoms with van der Waals surface area (Å²) < 4.78 is 18.2. The molecule has 1 aliphatic carbocycles. The van der Waals surface area contributed by atoms with Crippen molar-refractivity contribution in [2.45, 2.75) is 25.3 Å². The molecule has 1 aliphatic heterocycles. The number of fused-ring (bicyclic) bond motifs is 1. The second-order valence-electron chi connectivity index (χ2n) is 6.02. The highest BCUT2D eigenvalue weighted by molar-refractivity contribution is 5.76. The molecule has 2 fully saturated rings. The van der Waals surface area contributed by atoms with Crippen LogP contribution in [-0.2, 0) is 4.79 Å². The molecule has 5 heteroatoms. The van der Waals surface area contributed by atoms with Gasteiger partial charge < -0.3 is 15.4 Å². The fourth-order valence-corrected chi connectivity index (χ4v) is 3.46. The van der Waals surface area contributed by atoms with Crippen LogP contribution in [-0.4, -0.2) is 36.5 Å². The summed E-state index contributed by atoms with van der Waals surface area (Å²) in [4.78, 5) is 14.1. The predicted molar refractivity (Wildman–Crippen MR) is 77.3 cm³/mol. The smallest absolute Gasteiger partial charge is 0.226 e. The first-order chi connectivity index (χ1) is 10.1. The highest BCUT2D eigenvalue weighted by Crippen LogP contribution is 2.37. The van der Waals surface area contributed by atoms with E-state index < -0.39 is 0 Å². The number of benzene rings is 1. The molecule has 0 spiro atoms. The minimum absolute atomic E-state index is 0.124. The Morgan fingerprint density at radius 2 is 2.05 bits per heavy atom. The summed E-state index contributed by atoms with van der Waals surface area (Å²) in [5.41, 5.74) is 6.08. The molecule has 1 aromatic carbocycles. The molecule has 1 aromatic rings. The zero-order valence-corrected chi connectivity index (χ0v) is 12.0. The maximum atomic E-state index is 12.8. The van der Waals surface area contributed by atoms with E-state index in [1.807, 2.05) is 4.90 Å². The van der Waals surface area contributed by atoms with Gasteiger partial charge in [0.05, 0.1) is 13.0 Å². The second-order valence-corrected chi connectivity index (χ2v) is 6.02. The van der Waals surface area contributed by atoms with Crippen molar-refractivity contribution in [1.29, 1.82) is 0 Å². The topological polar surface area (TPSA) is 55.6 Å². The zero-order chi connectivity index (χ0) is 14.8. The number of carbonyl (C=O) groups is 1. The summed E-state index contributed by atoms with van der Waals surface area (Å²) in [6.45, 7) is 1.96. The van der Waals surface area contributed by atoms with Gasteiger partial charge in [0.1, 0.15) is 11.6 Å². The van der Waals surface area contributed by atoms with Gasteiger partial charge in [0.2, 0.25) is 5.91 Å². The van der Waals surface area contributed by atoms with Gasteiger partial charge in [-0.1, -0.05) is 0 Å². The molecule has 2 aliphatic rings. The Bertz CT molecular complexity index is 506. The summed E-state index contributed by atoms with van der Waals surface area (Å²) in [5, 5.41) is 0. The van der Waals surface area contributed by atoms with Crippen molar-refractivity contribution in [2.75, 3.05) is 19.7 Å². The Kier molecular flexibility index (Phi) is 4.10. The Morgan fingerprint density at radius 3 is 2.76 bits per heavy atom. The number of likely N-dealkylation sites (tertiary alicyclic amines) is 1. The number of nitrogens with two attached hydrogens (primary N) is 1. The van der Waals surface area contributed by atoms with Crippen molar-refractivity contribution in [1.82, 2.24) is 4.90 Å². The average molecular weight is 292 g/mol. The first-order valence-electron chi connectivity index (χ1n) is 7.55. The lowest BCUT2D eigenvalue weighted by Gasteiger charge is -2.18. The predicted octanol–water partition coefficient (Wildman–Crippen LogP) is 1.79. The summed E-state index contributed by atoms with van der Waals surface area (Å²) in [5.74, 6) is 1.48. The van der Waals surface area contributed by atoms with Crippen LogP contribution in [0.2, 0.25) is 0 Å². The molecule has 0 radical (unpaired) electrons. The number of nitrogens with zero attached hydrogens (tertiary/aromatic N) is 1. The quantitative estimate of drug-likeness (QED) is 0.920. The molecular weight excluding hydrogens is 271 g/mol. The van der Waals surface area contributed by atoms with Gasteiger partial charge >= 0.3 is 0 Å². The number of ether oxygens (including phenoxy) is 1. The maximum Gasteiger partial charge on any atom is 0.226 e. The number of hydrogen-bond acceptors (Lipinski definition) is 3. The van der Waals surface area contributed by atoms with Gasteiger partial charge in [-0.05, 0) is 48.9 Å².